The summed E-state index contributed by atoms with van der Waals surface area (Å²) in [6.07, 6.45) is 6.43. The molecule has 152 valence electrons. The van der Waals surface area contributed by atoms with E-state index >= 15 is 0 Å². The van der Waals surface area contributed by atoms with Gasteiger partial charge in [-0.3, -0.25) is 4.79 Å². The van der Waals surface area contributed by atoms with Gasteiger partial charge >= 0.3 is 0 Å². The van der Waals surface area contributed by atoms with Crippen LogP contribution in [0.1, 0.15) is 49.7 Å². The Hall–Kier alpha value is -1.34. The minimum absolute atomic E-state index is 0.0497. The normalized spacial score (nSPS) is 28.2. The third-order valence-corrected chi connectivity index (χ3v) is 9.36. The number of fused-ring (bicyclic) bond motifs is 1. The molecule has 0 aromatic heterocycles. The number of carbonyl (C=O) groups excluding carboxylic acids is 1. The summed E-state index contributed by atoms with van der Waals surface area (Å²) < 4.78 is 24.4. The van der Waals surface area contributed by atoms with Gasteiger partial charge in [0.25, 0.3) is 0 Å². The van der Waals surface area contributed by atoms with Crippen LogP contribution in [-0.4, -0.2) is 42.3 Å². The van der Waals surface area contributed by atoms with Gasteiger partial charge in [-0.2, -0.15) is 4.99 Å². The molecule has 2 saturated heterocycles. The number of thioether (sulfide) groups is 1. The van der Waals surface area contributed by atoms with Gasteiger partial charge in [0.1, 0.15) is 0 Å². The fourth-order valence-electron chi connectivity index (χ4n) is 4.61. The maximum absolute atomic E-state index is 12.6. The summed E-state index contributed by atoms with van der Waals surface area (Å²) in [5, 5.41) is 0.626. The Morgan fingerprint density at radius 2 is 1.96 bits per heavy atom. The number of amides is 1. The number of anilines is 1. The number of amidine groups is 1. The second-order valence-electron chi connectivity index (χ2n) is 8.44. The molecule has 0 spiro atoms. The molecule has 1 aliphatic carbocycles. The Morgan fingerprint density at radius 3 is 2.71 bits per heavy atom. The van der Waals surface area contributed by atoms with E-state index in [2.05, 4.69) is 17.1 Å². The molecule has 5 nitrogen and oxygen atoms in total. The lowest BCUT2D eigenvalue weighted by molar-refractivity contribution is -0.118. The van der Waals surface area contributed by atoms with Crippen molar-refractivity contribution >= 4 is 38.4 Å². The molecule has 0 unspecified atom stereocenters. The van der Waals surface area contributed by atoms with Crippen LogP contribution in [0, 0.1) is 19.8 Å². The molecule has 1 amide bonds. The minimum atomic E-state index is -3.05. The zero-order valence-electron chi connectivity index (χ0n) is 16.6. The van der Waals surface area contributed by atoms with Crippen LogP contribution < -0.4 is 4.90 Å². The van der Waals surface area contributed by atoms with Crippen LogP contribution in [0.25, 0.3) is 0 Å². The van der Waals surface area contributed by atoms with Crippen molar-refractivity contribution in [1.29, 1.82) is 0 Å². The highest BCUT2D eigenvalue weighted by molar-refractivity contribution is 8.16. The zero-order chi connectivity index (χ0) is 19.9. The molecule has 1 aromatic carbocycles. The Kier molecular flexibility index (Phi) is 5.58. The van der Waals surface area contributed by atoms with Gasteiger partial charge in [0.2, 0.25) is 5.91 Å². The lowest BCUT2D eigenvalue weighted by Crippen LogP contribution is -2.38. The molecule has 0 radical (unpaired) electrons. The molecule has 2 aliphatic heterocycles. The molecule has 3 aliphatic rings. The van der Waals surface area contributed by atoms with Crippen LogP contribution >= 0.6 is 11.8 Å². The second kappa shape index (κ2) is 7.82. The van der Waals surface area contributed by atoms with E-state index in [-0.39, 0.29) is 28.7 Å². The van der Waals surface area contributed by atoms with Crippen LogP contribution in [0.15, 0.2) is 23.2 Å². The molecular formula is C21H28N2O3S2. The lowest BCUT2D eigenvalue weighted by atomic mass is 10.0. The van der Waals surface area contributed by atoms with E-state index in [4.69, 9.17) is 0 Å². The first kappa shape index (κ1) is 20.0. The number of carbonyl (C=O) groups is 1. The van der Waals surface area contributed by atoms with Gasteiger partial charge in [-0.15, -0.1) is 0 Å². The summed E-state index contributed by atoms with van der Waals surface area (Å²) in [5.74, 6) is 0.888. The molecule has 0 N–H and O–H groups in total. The smallest absolute Gasteiger partial charge is 0.248 e. The number of nitrogens with zero attached hydrogens (tertiary/aromatic N) is 2. The van der Waals surface area contributed by atoms with Gasteiger partial charge in [-0.25, -0.2) is 8.42 Å². The lowest BCUT2D eigenvalue weighted by Gasteiger charge is -2.26. The fourth-order valence-corrected chi connectivity index (χ4v) is 8.54. The predicted molar refractivity (Wildman–Crippen MR) is 116 cm³/mol. The van der Waals surface area contributed by atoms with E-state index < -0.39 is 9.84 Å². The summed E-state index contributed by atoms with van der Waals surface area (Å²) in [5.41, 5.74) is 3.16. The SMILES string of the molecule is Cc1ccc(C)c(N2C(=NC(=O)CCC3CCCC3)S[C@H]3CS(=O)(=O)C[C@@H]32)c1. The maximum atomic E-state index is 12.6. The van der Waals surface area contributed by atoms with Crippen LogP contribution in [0.3, 0.4) is 0 Å². The summed E-state index contributed by atoms with van der Waals surface area (Å²) in [6, 6.07) is 6.03. The number of rotatable bonds is 4. The van der Waals surface area contributed by atoms with E-state index in [0.717, 1.165) is 23.2 Å². The average Bonchev–Trinajstić information content (AvgIpc) is 3.30. The molecule has 1 saturated carbocycles. The largest absolute Gasteiger partial charge is 0.315 e. The van der Waals surface area contributed by atoms with Gasteiger partial charge in [0.15, 0.2) is 15.0 Å². The third kappa shape index (κ3) is 4.15. The Bertz CT molecular complexity index is 904. The van der Waals surface area contributed by atoms with Gasteiger partial charge < -0.3 is 4.90 Å². The topological polar surface area (TPSA) is 66.8 Å². The van der Waals surface area contributed by atoms with Crippen LogP contribution in [-0.2, 0) is 14.6 Å². The van der Waals surface area contributed by atoms with E-state index in [1.165, 1.54) is 37.4 Å². The van der Waals surface area contributed by atoms with Crippen molar-refractivity contribution in [2.75, 3.05) is 16.4 Å². The monoisotopic (exact) mass is 420 g/mol. The van der Waals surface area contributed by atoms with E-state index in [1.54, 1.807) is 0 Å². The molecule has 0 bridgehead atoms. The number of hydrogen-bond acceptors (Lipinski definition) is 4. The molecule has 4 rings (SSSR count). The van der Waals surface area contributed by atoms with Gasteiger partial charge in [-0.05, 0) is 43.4 Å². The minimum Gasteiger partial charge on any atom is -0.315 e. The summed E-state index contributed by atoms with van der Waals surface area (Å²) in [4.78, 5) is 19.1. The number of aryl methyl sites for hydroxylation is 2. The Labute approximate surface area is 171 Å². The first-order valence-corrected chi connectivity index (χ1v) is 12.9. The van der Waals surface area contributed by atoms with Crippen molar-refractivity contribution in [3.8, 4) is 0 Å². The first-order valence-electron chi connectivity index (χ1n) is 10.2. The van der Waals surface area contributed by atoms with Crippen molar-refractivity contribution in [3.05, 3.63) is 29.3 Å². The fraction of sp³-hybridized carbons (Fsp3) is 0.619. The Morgan fingerprint density at radius 1 is 1.21 bits per heavy atom. The number of hydrogen-bond donors (Lipinski definition) is 0. The van der Waals surface area contributed by atoms with Crippen molar-refractivity contribution in [2.24, 2.45) is 10.9 Å². The second-order valence-corrected chi connectivity index (χ2v) is 11.8. The van der Waals surface area contributed by atoms with E-state index in [0.29, 0.717) is 17.5 Å². The van der Waals surface area contributed by atoms with Crippen LogP contribution in [0.2, 0.25) is 0 Å². The number of sulfone groups is 1. The average molecular weight is 421 g/mol. The van der Waals surface area contributed by atoms with Gasteiger partial charge in [-0.1, -0.05) is 49.6 Å². The van der Waals surface area contributed by atoms with E-state index in [1.807, 2.05) is 24.8 Å². The first-order chi connectivity index (χ1) is 13.3. The van der Waals surface area contributed by atoms with Crippen molar-refractivity contribution < 1.29 is 13.2 Å². The molecule has 2 atom stereocenters. The highest BCUT2D eigenvalue weighted by Crippen LogP contribution is 2.42. The number of benzene rings is 1. The molecule has 3 fully saturated rings. The van der Waals surface area contributed by atoms with Gasteiger partial charge in [0.05, 0.1) is 17.5 Å². The molecule has 28 heavy (non-hydrogen) atoms. The van der Waals surface area contributed by atoms with Crippen molar-refractivity contribution in [1.82, 2.24) is 0 Å². The van der Waals surface area contributed by atoms with Crippen LogP contribution in [0.4, 0.5) is 5.69 Å². The Balaban J connectivity index is 1.60. The molecule has 1 aromatic rings. The molecular weight excluding hydrogens is 392 g/mol. The molecule has 7 heteroatoms. The summed E-state index contributed by atoms with van der Waals surface area (Å²) >= 11 is 1.46. The number of aliphatic imine (C=N–C) groups is 1. The van der Waals surface area contributed by atoms with Gasteiger partial charge in [0, 0.05) is 17.4 Å². The maximum Gasteiger partial charge on any atom is 0.248 e. The zero-order valence-corrected chi connectivity index (χ0v) is 18.2. The quantitative estimate of drug-likeness (QED) is 0.740. The highest BCUT2D eigenvalue weighted by atomic mass is 32.2. The highest BCUT2D eigenvalue weighted by Gasteiger charge is 2.49. The predicted octanol–water partition coefficient (Wildman–Crippen LogP) is 3.88. The van der Waals surface area contributed by atoms with Crippen LogP contribution in [0.5, 0.6) is 0 Å². The molecule has 2 heterocycles. The summed E-state index contributed by atoms with van der Waals surface area (Å²) in [7, 11) is -3.05. The summed E-state index contributed by atoms with van der Waals surface area (Å²) in [6.45, 7) is 4.05. The van der Waals surface area contributed by atoms with Crippen molar-refractivity contribution in [2.45, 2.75) is 63.7 Å². The third-order valence-electron chi connectivity index (χ3n) is 6.15. The van der Waals surface area contributed by atoms with Crippen molar-refractivity contribution in [3.63, 3.8) is 0 Å². The van der Waals surface area contributed by atoms with E-state index in [9.17, 15) is 13.2 Å². The standard InChI is InChI=1S/C21H28N2O3S2/c1-14-7-8-15(2)17(11-14)23-18-12-28(25,26)13-19(18)27-21(23)22-20(24)10-9-16-5-3-4-6-16/h7-8,11,16,18-19H,3-6,9-10,12-13H2,1-2H3/t18-,19-/m0/s1.